The van der Waals surface area contributed by atoms with E-state index in [0.29, 0.717) is 5.11 Å². The molecule has 0 bridgehead atoms. The van der Waals surface area contributed by atoms with Gasteiger partial charge in [-0.25, -0.2) is 5.32 Å². The van der Waals surface area contributed by atoms with E-state index >= 15 is 0 Å². The molecule has 16 heavy (non-hydrogen) atoms. The Kier molecular flexibility index (Phi) is 2.69. The largest absolute Gasteiger partial charge is 0.336 e. The highest BCUT2D eigenvalue weighted by atomic mass is 32.1. The van der Waals surface area contributed by atoms with Crippen molar-refractivity contribution in [3.63, 3.8) is 0 Å². The van der Waals surface area contributed by atoms with Gasteiger partial charge in [-0.05, 0) is 60.8 Å². The van der Waals surface area contributed by atoms with E-state index in [9.17, 15) is 0 Å². The summed E-state index contributed by atoms with van der Waals surface area (Å²) in [5, 5.41) is 10.1. The monoisotopic (exact) mass is 249 g/mol. The van der Waals surface area contributed by atoms with Crippen LogP contribution in [0.4, 0.5) is 0 Å². The van der Waals surface area contributed by atoms with Gasteiger partial charge < -0.3 is 5.32 Å². The molecule has 3 rings (SSSR count). The minimum absolute atomic E-state index is 0.613. The average molecular weight is 249 g/mol. The van der Waals surface area contributed by atoms with Crippen molar-refractivity contribution >= 4 is 28.7 Å². The minimum Gasteiger partial charge on any atom is -0.336 e. The number of rotatable bonds is 2. The Bertz CT molecular complexity index is 448. The highest BCUT2D eigenvalue weighted by Gasteiger charge is 2.22. The van der Waals surface area contributed by atoms with Crippen LogP contribution < -0.4 is 10.6 Å². The summed E-state index contributed by atoms with van der Waals surface area (Å²) in [7, 11) is 0. The molecule has 0 aromatic carbocycles. The standard InChI is InChI=1S/C12H13N2S2/c15-12-13-7-10(14-12)6-8-1-2-11-9(5-8)3-4-16-11/h3-4,7-8H,1-2,5-6H2,(H,13,15). The Morgan fingerprint density at radius 1 is 1.56 bits per heavy atom. The fourth-order valence-electron chi connectivity index (χ4n) is 2.43. The Labute approximate surface area is 105 Å². The lowest BCUT2D eigenvalue weighted by molar-refractivity contribution is 0.454. The van der Waals surface area contributed by atoms with Crippen LogP contribution in [-0.4, -0.2) is 5.11 Å². The van der Waals surface area contributed by atoms with Crippen LogP contribution in [0.3, 0.4) is 0 Å². The molecule has 1 unspecified atom stereocenters. The van der Waals surface area contributed by atoms with Gasteiger partial charge in [0, 0.05) is 11.1 Å². The number of aryl methyl sites for hydroxylation is 1. The van der Waals surface area contributed by atoms with Crippen LogP contribution in [0.5, 0.6) is 0 Å². The summed E-state index contributed by atoms with van der Waals surface area (Å²) in [6.45, 7) is 0. The smallest absolute Gasteiger partial charge is 0.197 e. The molecule has 1 atom stereocenters. The lowest BCUT2D eigenvalue weighted by Gasteiger charge is -2.21. The van der Waals surface area contributed by atoms with E-state index in [-0.39, 0.29) is 0 Å². The second-order valence-electron chi connectivity index (χ2n) is 4.38. The number of hydrogen-bond acceptors (Lipinski definition) is 2. The highest BCUT2D eigenvalue weighted by Crippen LogP contribution is 2.32. The van der Waals surface area contributed by atoms with E-state index in [0.717, 1.165) is 18.0 Å². The first-order chi connectivity index (χ1) is 7.81. The number of thiocarbonyl (C=S) groups is 1. The first kappa shape index (κ1) is 10.3. The zero-order valence-electron chi connectivity index (χ0n) is 8.90. The molecular weight excluding hydrogens is 236 g/mol. The van der Waals surface area contributed by atoms with Crippen LogP contribution in [0.15, 0.2) is 23.3 Å². The van der Waals surface area contributed by atoms with Gasteiger partial charge in [0.2, 0.25) is 0 Å². The number of nitrogens with one attached hydrogen (secondary N) is 1. The van der Waals surface area contributed by atoms with E-state index < -0.39 is 0 Å². The van der Waals surface area contributed by atoms with Gasteiger partial charge in [0.15, 0.2) is 5.11 Å². The van der Waals surface area contributed by atoms with Gasteiger partial charge in [-0.1, -0.05) is 0 Å². The molecule has 0 saturated heterocycles. The molecule has 1 aliphatic carbocycles. The molecule has 1 aliphatic heterocycles. The van der Waals surface area contributed by atoms with Crippen molar-refractivity contribution in [3.05, 3.63) is 33.8 Å². The summed E-state index contributed by atoms with van der Waals surface area (Å²) in [4.78, 5) is 1.59. The maximum Gasteiger partial charge on any atom is 0.197 e. The molecule has 0 saturated carbocycles. The van der Waals surface area contributed by atoms with Crippen LogP contribution in [0.1, 0.15) is 23.3 Å². The molecule has 1 aromatic heterocycles. The number of hydrogen-bond donors (Lipinski definition) is 1. The Hall–Kier alpha value is -0.870. The zero-order chi connectivity index (χ0) is 11.0. The Balaban J connectivity index is 1.64. The Morgan fingerprint density at radius 3 is 3.31 bits per heavy atom. The highest BCUT2D eigenvalue weighted by molar-refractivity contribution is 7.80. The molecule has 0 fully saturated rings. The maximum absolute atomic E-state index is 4.98. The van der Waals surface area contributed by atoms with Crippen molar-refractivity contribution < 1.29 is 0 Å². The fourth-order valence-corrected chi connectivity index (χ4v) is 3.54. The van der Waals surface area contributed by atoms with Gasteiger partial charge in [-0.2, -0.15) is 0 Å². The molecule has 4 heteroatoms. The van der Waals surface area contributed by atoms with Gasteiger partial charge >= 0.3 is 0 Å². The number of fused-ring (bicyclic) bond motifs is 1. The fraction of sp³-hybridized carbons (Fsp3) is 0.417. The number of allylic oxidation sites excluding steroid dienone is 1. The van der Waals surface area contributed by atoms with Crippen molar-refractivity contribution in [1.82, 2.24) is 10.6 Å². The van der Waals surface area contributed by atoms with Crippen molar-refractivity contribution in [2.75, 3.05) is 0 Å². The van der Waals surface area contributed by atoms with Gasteiger partial charge in [0.05, 0.1) is 5.70 Å². The normalized spacial score (nSPS) is 23.4. The topological polar surface area (TPSA) is 26.1 Å². The molecule has 0 spiro atoms. The molecule has 2 heterocycles. The van der Waals surface area contributed by atoms with E-state index in [1.54, 1.807) is 10.4 Å². The number of thiophene rings is 1. The predicted molar refractivity (Wildman–Crippen MR) is 70.4 cm³/mol. The lowest BCUT2D eigenvalue weighted by atomic mass is 9.85. The van der Waals surface area contributed by atoms with Crippen LogP contribution >= 0.6 is 23.6 Å². The zero-order valence-corrected chi connectivity index (χ0v) is 10.5. The summed E-state index contributed by atoms with van der Waals surface area (Å²) in [5.74, 6) is 0.736. The quantitative estimate of drug-likeness (QED) is 0.815. The molecule has 2 aliphatic rings. The van der Waals surface area contributed by atoms with Crippen molar-refractivity contribution in [2.24, 2.45) is 5.92 Å². The van der Waals surface area contributed by atoms with Gasteiger partial charge in [-0.15, -0.1) is 11.3 Å². The Morgan fingerprint density at radius 2 is 2.50 bits per heavy atom. The molecule has 1 aromatic rings. The summed E-state index contributed by atoms with van der Waals surface area (Å²) in [5.41, 5.74) is 2.67. The third-order valence-electron chi connectivity index (χ3n) is 3.23. The molecule has 83 valence electrons. The summed E-state index contributed by atoms with van der Waals surface area (Å²) in [6, 6.07) is 2.27. The van der Waals surface area contributed by atoms with E-state index in [1.807, 2.05) is 17.5 Å². The summed E-state index contributed by atoms with van der Waals surface area (Å²) in [6.07, 6.45) is 6.74. The lowest BCUT2D eigenvalue weighted by Crippen LogP contribution is -2.18. The van der Waals surface area contributed by atoms with Gasteiger partial charge in [0.25, 0.3) is 0 Å². The van der Waals surface area contributed by atoms with Crippen LogP contribution in [0, 0.1) is 5.92 Å². The predicted octanol–water partition coefficient (Wildman–Crippen LogP) is 2.58. The van der Waals surface area contributed by atoms with Crippen molar-refractivity contribution in [3.8, 4) is 0 Å². The minimum atomic E-state index is 0.613. The SMILES string of the molecule is S=C1[N]C(CC2CCc3sccc3C2)=CN1. The van der Waals surface area contributed by atoms with Gasteiger partial charge in [-0.3, -0.25) is 0 Å². The maximum atomic E-state index is 4.98. The van der Waals surface area contributed by atoms with E-state index in [1.165, 1.54) is 19.3 Å². The average Bonchev–Trinajstić information content (AvgIpc) is 2.87. The second-order valence-corrected chi connectivity index (χ2v) is 5.77. The molecule has 2 nitrogen and oxygen atoms in total. The van der Waals surface area contributed by atoms with Crippen LogP contribution in [0.2, 0.25) is 0 Å². The van der Waals surface area contributed by atoms with Crippen molar-refractivity contribution in [2.45, 2.75) is 25.7 Å². The first-order valence-electron chi connectivity index (χ1n) is 5.58. The third kappa shape index (κ3) is 1.99. The van der Waals surface area contributed by atoms with E-state index in [4.69, 9.17) is 12.2 Å². The molecule has 1 N–H and O–H groups in total. The van der Waals surface area contributed by atoms with Gasteiger partial charge in [0.1, 0.15) is 0 Å². The van der Waals surface area contributed by atoms with E-state index in [2.05, 4.69) is 22.1 Å². The third-order valence-corrected chi connectivity index (χ3v) is 4.46. The molecule has 1 radical (unpaired) electrons. The summed E-state index contributed by atoms with van der Waals surface area (Å²) < 4.78 is 0. The summed E-state index contributed by atoms with van der Waals surface area (Å²) >= 11 is 6.88. The molecule has 0 amide bonds. The first-order valence-corrected chi connectivity index (χ1v) is 6.86. The number of nitrogens with zero attached hydrogens (tertiary/aromatic N) is 1. The van der Waals surface area contributed by atoms with Crippen LogP contribution in [-0.2, 0) is 12.8 Å². The van der Waals surface area contributed by atoms with Crippen LogP contribution in [0.25, 0.3) is 0 Å². The second kappa shape index (κ2) is 4.18. The van der Waals surface area contributed by atoms with Crippen molar-refractivity contribution in [1.29, 1.82) is 0 Å². The molecular formula is C12H13N2S2.